The van der Waals surface area contributed by atoms with Crippen LogP contribution >= 0.6 is 0 Å². The molecule has 2 aromatic rings. The van der Waals surface area contributed by atoms with Crippen LogP contribution < -0.4 is 16.0 Å². The maximum Gasteiger partial charge on any atom is 0.223 e. The van der Waals surface area contributed by atoms with E-state index in [1.165, 1.54) is 36.9 Å². The molecule has 4 rings (SSSR count). The SMILES string of the molecule is CN(Cc1n[nH]c2c1CCCC2)c1cc(NC2CC2)nc(N)n1. The van der Waals surface area contributed by atoms with Gasteiger partial charge in [0.2, 0.25) is 5.95 Å². The van der Waals surface area contributed by atoms with Gasteiger partial charge in [-0.1, -0.05) is 0 Å². The van der Waals surface area contributed by atoms with Crippen molar-refractivity contribution in [1.82, 2.24) is 20.2 Å². The van der Waals surface area contributed by atoms with Crippen molar-refractivity contribution in [3.63, 3.8) is 0 Å². The van der Waals surface area contributed by atoms with Gasteiger partial charge in [-0.05, 0) is 44.1 Å². The van der Waals surface area contributed by atoms with Crippen LogP contribution in [0.2, 0.25) is 0 Å². The lowest BCUT2D eigenvalue weighted by Gasteiger charge is -2.19. The first-order valence-electron chi connectivity index (χ1n) is 8.36. The molecule has 0 unspecified atom stereocenters. The Bertz CT molecular complexity index is 704. The molecule has 2 aliphatic carbocycles. The minimum absolute atomic E-state index is 0.307. The molecule has 2 heterocycles. The Morgan fingerprint density at radius 3 is 2.96 bits per heavy atom. The highest BCUT2D eigenvalue weighted by atomic mass is 15.2. The number of hydrogen-bond acceptors (Lipinski definition) is 6. The van der Waals surface area contributed by atoms with Gasteiger partial charge in [0.25, 0.3) is 0 Å². The molecule has 0 atom stereocenters. The smallest absolute Gasteiger partial charge is 0.223 e. The first-order valence-corrected chi connectivity index (χ1v) is 8.36. The zero-order valence-corrected chi connectivity index (χ0v) is 13.5. The van der Waals surface area contributed by atoms with Crippen molar-refractivity contribution < 1.29 is 0 Å². The van der Waals surface area contributed by atoms with Crippen molar-refractivity contribution >= 4 is 17.6 Å². The van der Waals surface area contributed by atoms with Gasteiger partial charge >= 0.3 is 0 Å². The number of aryl methyl sites for hydroxylation is 1. The van der Waals surface area contributed by atoms with Gasteiger partial charge in [0.05, 0.1) is 12.2 Å². The number of nitrogen functional groups attached to an aromatic ring is 1. The summed E-state index contributed by atoms with van der Waals surface area (Å²) in [5.41, 5.74) is 9.68. The fraction of sp³-hybridized carbons (Fsp3) is 0.562. The van der Waals surface area contributed by atoms with Crippen LogP contribution in [-0.4, -0.2) is 33.3 Å². The fourth-order valence-electron chi connectivity index (χ4n) is 3.14. The van der Waals surface area contributed by atoms with E-state index in [1.807, 2.05) is 13.1 Å². The molecule has 1 saturated carbocycles. The van der Waals surface area contributed by atoms with Crippen molar-refractivity contribution in [3.8, 4) is 0 Å². The number of hydrogen-bond donors (Lipinski definition) is 3. The van der Waals surface area contributed by atoms with Crippen LogP contribution in [0.15, 0.2) is 6.07 Å². The minimum atomic E-state index is 0.307. The van der Waals surface area contributed by atoms with Crippen LogP contribution in [-0.2, 0) is 19.4 Å². The number of aromatic amines is 1. The van der Waals surface area contributed by atoms with Crippen LogP contribution in [0.4, 0.5) is 17.6 Å². The van der Waals surface area contributed by atoms with Gasteiger partial charge in [-0.3, -0.25) is 5.10 Å². The summed E-state index contributed by atoms with van der Waals surface area (Å²) < 4.78 is 0. The van der Waals surface area contributed by atoms with Crippen molar-refractivity contribution in [1.29, 1.82) is 0 Å². The summed E-state index contributed by atoms with van der Waals surface area (Å²) in [6.07, 6.45) is 7.14. The summed E-state index contributed by atoms with van der Waals surface area (Å²) in [5.74, 6) is 1.95. The van der Waals surface area contributed by atoms with Gasteiger partial charge in [-0.2, -0.15) is 15.1 Å². The van der Waals surface area contributed by atoms with Gasteiger partial charge in [-0.15, -0.1) is 0 Å². The lowest BCUT2D eigenvalue weighted by Crippen LogP contribution is -2.20. The lowest BCUT2D eigenvalue weighted by molar-refractivity contribution is 0.671. The molecule has 0 bridgehead atoms. The number of nitrogens with zero attached hydrogens (tertiary/aromatic N) is 4. The first kappa shape index (κ1) is 14.3. The standard InChI is InChI=1S/C16H23N7/c1-23(9-13-11-4-2-3-5-12(11)21-22-13)15-8-14(18-10-6-7-10)19-16(17)20-15/h8,10H,2-7,9H2,1H3,(H,21,22)(H3,17,18,19,20). The van der Waals surface area contributed by atoms with Crippen LogP contribution in [0.3, 0.4) is 0 Å². The molecule has 7 nitrogen and oxygen atoms in total. The van der Waals surface area contributed by atoms with Crippen LogP contribution in [0.1, 0.15) is 42.6 Å². The van der Waals surface area contributed by atoms with Crippen molar-refractivity contribution in [2.75, 3.05) is 23.0 Å². The number of fused-ring (bicyclic) bond motifs is 1. The molecule has 4 N–H and O–H groups in total. The number of nitrogens with one attached hydrogen (secondary N) is 2. The van der Waals surface area contributed by atoms with E-state index in [0.29, 0.717) is 12.0 Å². The first-order chi connectivity index (χ1) is 11.2. The molecule has 0 aliphatic heterocycles. The van der Waals surface area contributed by atoms with Gasteiger partial charge < -0.3 is 16.0 Å². The van der Waals surface area contributed by atoms with E-state index in [2.05, 4.69) is 30.4 Å². The third-order valence-electron chi connectivity index (χ3n) is 4.58. The van der Waals surface area contributed by atoms with E-state index in [0.717, 1.165) is 36.7 Å². The summed E-state index contributed by atoms with van der Waals surface area (Å²) in [6, 6.07) is 2.51. The zero-order valence-electron chi connectivity index (χ0n) is 13.5. The predicted molar refractivity (Wildman–Crippen MR) is 90.4 cm³/mol. The monoisotopic (exact) mass is 313 g/mol. The second kappa shape index (κ2) is 5.72. The Balaban J connectivity index is 1.53. The van der Waals surface area contributed by atoms with Crippen LogP contribution in [0.25, 0.3) is 0 Å². The highest BCUT2D eigenvalue weighted by molar-refractivity contribution is 5.53. The van der Waals surface area contributed by atoms with E-state index < -0.39 is 0 Å². The number of aromatic nitrogens is 4. The second-order valence-corrected chi connectivity index (χ2v) is 6.58. The summed E-state index contributed by atoms with van der Waals surface area (Å²) in [7, 11) is 2.02. The van der Waals surface area contributed by atoms with E-state index in [9.17, 15) is 0 Å². The summed E-state index contributed by atoms with van der Waals surface area (Å²) in [5, 5.41) is 11.1. The van der Waals surface area contributed by atoms with Gasteiger partial charge in [-0.25, -0.2) is 0 Å². The largest absolute Gasteiger partial charge is 0.368 e. The molecule has 0 radical (unpaired) electrons. The molecule has 23 heavy (non-hydrogen) atoms. The Hall–Kier alpha value is -2.31. The quantitative estimate of drug-likeness (QED) is 0.780. The highest BCUT2D eigenvalue weighted by Crippen LogP contribution is 2.27. The molecule has 0 spiro atoms. The van der Waals surface area contributed by atoms with E-state index in [-0.39, 0.29) is 0 Å². The average Bonchev–Trinajstić information content (AvgIpc) is 3.26. The second-order valence-electron chi connectivity index (χ2n) is 6.58. The van der Waals surface area contributed by atoms with Crippen molar-refractivity contribution in [3.05, 3.63) is 23.0 Å². The van der Waals surface area contributed by atoms with Gasteiger partial charge in [0, 0.05) is 24.8 Å². The topological polar surface area (TPSA) is 95.8 Å². The summed E-state index contributed by atoms with van der Waals surface area (Å²) >= 11 is 0. The molecular formula is C16H23N7. The van der Waals surface area contributed by atoms with E-state index >= 15 is 0 Å². The molecule has 122 valence electrons. The molecule has 0 amide bonds. The van der Waals surface area contributed by atoms with Crippen LogP contribution in [0, 0.1) is 0 Å². The molecule has 0 saturated heterocycles. The highest BCUT2D eigenvalue weighted by Gasteiger charge is 2.22. The lowest BCUT2D eigenvalue weighted by atomic mass is 9.96. The number of nitrogens with two attached hydrogens (primary N) is 1. The Kier molecular flexibility index (Phi) is 3.55. The number of rotatable bonds is 5. The van der Waals surface area contributed by atoms with Gasteiger partial charge in [0.15, 0.2) is 0 Å². The molecule has 2 aliphatic rings. The normalized spacial score (nSPS) is 16.9. The summed E-state index contributed by atoms with van der Waals surface area (Å²) in [4.78, 5) is 10.7. The third-order valence-corrected chi connectivity index (χ3v) is 4.58. The zero-order chi connectivity index (χ0) is 15.8. The molecular weight excluding hydrogens is 290 g/mol. The fourth-order valence-corrected chi connectivity index (χ4v) is 3.14. The molecule has 2 aromatic heterocycles. The van der Waals surface area contributed by atoms with Crippen molar-refractivity contribution in [2.24, 2.45) is 0 Å². The maximum absolute atomic E-state index is 5.87. The molecule has 1 fully saturated rings. The minimum Gasteiger partial charge on any atom is -0.368 e. The summed E-state index contributed by atoms with van der Waals surface area (Å²) in [6.45, 7) is 0.727. The maximum atomic E-state index is 5.87. The Labute approximate surface area is 135 Å². The van der Waals surface area contributed by atoms with E-state index in [4.69, 9.17) is 5.73 Å². The van der Waals surface area contributed by atoms with Gasteiger partial charge in [0.1, 0.15) is 11.6 Å². The van der Waals surface area contributed by atoms with E-state index in [1.54, 1.807) is 0 Å². The number of anilines is 3. The third kappa shape index (κ3) is 3.09. The van der Waals surface area contributed by atoms with Crippen LogP contribution in [0.5, 0.6) is 0 Å². The average molecular weight is 313 g/mol. The number of H-pyrrole nitrogens is 1. The predicted octanol–water partition coefficient (Wildman–Crippen LogP) is 1.87. The Morgan fingerprint density at radius 1 is 1.30 bits per heavy atom. The van der Waals surface area contributed by atoms with Crippen molar-refractivity contribution in [2.45, 2.75) is 51.1 Å². The Morgan fingerprint density at radius 2 is 2.13 bits per heavy atom. The molecule has 7 heteroatoms. The molecule has 0 aromatic carbocycles.